The van der Waals surface area contributed by atoms with Crippen molar-refractivity contribution in [2.24, 2.45) is 0 Å². The lowest BCUT2D eigenvalue weighted by molar-refractivity contribution is -0.116. The highest BCUT2D eigenvalue weighted by Crippen LogP contribution is 2.21. The van der Waals surface area contributed by atoms with Gasteiger partial charge in [0.1, 0.15) is 5.75 Å². The van der Waals surface area contributed by atoms with Crippen molar-refractivity contribution in [3.05, 3.63) is 59.2 Å². The number of hydrogen-bond acceptors (Lipinski definition) is 3. The first-order chi connectivity index (χ1) is 11.5. The molecule has 0 saturated heterocycles. The predicted molar refractivity (Wildman–Crippen MR) is 92.7 cm³/mol. The number of nitrogens with one attached hydrogen (secondary N) is 1. The molecule has 0 radical (unpaired) electrons. The van der Waals surface area contributed by atoms with Crippen molar-refractivity contribution in [2.75, 3.05) is 11.9 Å². The Kier molecular flexibility index (Phi) is 5.95. The third kappa shape index (κ3) is 4.84. The summed E-state index contributed by atoms with van der Waals surface area (Å²) in [6, 6.07) is 12.1. The minimum Gasteiger partial charge on any atom is -0.494 e. The summed E-state index contributed by atoms with van der Waals surface area (Å²) in [4.78, 5) is 22.9. The molecule has 0 atom stereocenters. The third-order valence-electron chi connectivity index (χ3n) is 3.62. The highest BCUT2D eigenvalue weighted by molar-refractivity contribution is 5.91. The van der Waals surface area contributed by atoms with Gasteiger partial charge in [-0.1, -0.05) is 12.1 Å². The first-order valence-electron chi connectivity index (χ1n) is 7.85. The Morgan fingerprint density at radius 2 is 1.83 bits per heavy atom. The summed E-state index contributed by atoms with van der Waals surface area (Å²) in [5.74, 6) is -0.249. The first-order valence-corrected chi connectivity index (χ1v) is 7.85. The van der Waals surface area contributed by atoms with Gasteiger partial charge in [-0.2, -0.15) is 0 Å². The molecule has 0 spiro atoms. The van der Waals surface area contributed by atoms with Crippen LogP contribution in [0.25, 0.3) is 0 Å². The van der Waals surface area contributed by atoms with E-state index < -0.39 is 5.97 Å². The Morgan fingerprint density at radius 1 is 1.12 bits per heavy atom. The maximum absolute atomic E-state index is 12.1. The van der Waals surface area contributed by atoms with E-state index in [1.807, 2.05) is 32.0 Å². The molecule has 0 saturated carbocycles. The highest BCUT2D eigenvalue weighted by Gasteiger charge is 2.07. The molecule has 0 aliphatic rings. The van der Waals surface area contributed by atoms with Crippen LogP contribution < -0.4 is 10.1 Å². The van der Waals surface area contributed by atoms with Crippen LogP contribution in [0.1, 0.15) is 34.8 Å². The fraction of sp³-hybridized carbons (Fsp3) is 0.263. The zero-order valence-electron chi connectivity index (χ0n) is 13.8. The summed E-state index contributed by atoms with van der Waals surface area (Å²) in [6.45, 7) is 4.45. The van der Waals surface area contributed by atoms with Crippen LogP contribution in [-0.2, 0) is 11.2 Å². The molecule has 1 amide bonds. The molecule has 2 aromatic carbocycles. The zero-order valence-corrected chi connectivity index (χ0v) is 13.8. The van der Waals surface area contributed by atoms with Crippen LogP contribution >= 0.6 is 0 Å². The fourth-order valence-electron chi connectivity index (χ4n) is 2.32. The summed E-state index contributed by atoms with van der Waals surface area (Å²) in [6.07, 6.45) is 0.890. The van der Waals surface area contributed by atoms with E-state index in [0.29, 0.717) is 19.4 Å². The van der Waals surface area contributed by atoms with Gasteiger partial charge in [-0.05, 0) is 61.7 Å². The van der Waals surface area contributed by atoms with Crippen molar-refractivity contribution >= 4 is 17.6 Å². The number of amides is 1. The maximum Gasteiger partial charge on any atom is 0.335 e. The molecule has 0 fully saturated rings. The molecule has 2 aromatic rings. The number of carbonyl (C=O) groups excluding carboxylic acids is 1. The van der Waals surface area contributed by atoms with E-state index in [2.05, 4.69) is 5.32 Å². The van der Waals surface area contributed by atoms with Crippen LogP contribution in [0.15, 0.2) is 42.5 Å². The molecular formula is C19H21NO4. The van der Waals surface area contributed by atoms with E-state index in [1.54, 1.807) is 24.3 Å². The number of ether oxygens (including phenoxy) is 1. The first kappa shape index (κ1) is 17.5. The number of carboxylic acids is 1. The molecule has 0 bridgehead atoms. The second kappa shape index (κ2) is 8.15. The maximum atomic E-state index is 12.1. The van der Waals surface area contributed by atoms with Gasteiger partial charge in [0.2, 0.25) is 5.91 Å². The minimum absolute atomic E-state index is 0.0791. The van der Waals surface area contributed by atoms with Crippen molar-refractivity contribution in [3.8, 4) is 5.75 Å². The van der Waals surface area contributed by atoms with Gasteiger partial charge in [-0.3, -0.25) is 4.79 Å². The normalized spacial score (nSPS) is 10.2. The summed E-state index contributed by atoms with van der Waals surface area (Å²) in [5, 5.41) is 11.8. The van der Waals surface area contributed by atoms with E-state index in [9.17, 15) is 9.59 Å². The van der Waals surface area contributed by atoms with Gasteiger partial charge in [0, 0.05) is 12.1 Å². The average Bonchev–Trinajstić information content (AvgIpc) is 2.56. The number of aryl methyl sites for hydroxylation is 2. The van der Waals surface area contributed by atoms with Gasteiger partial charge in [0.15, 0.2) is 0 Å². The molecule has 5 nitrogen and oxygen atoms in total. The molecule has 24 heavy (non-hydrogen) atoms. The average molecular weight is 327 g/mol. The van der Waals surface area contributed by atoms with Crippen LogP contribution in [0, 0.1) is 6.92 Å². The lowest BCUT2D eigenvalue weighted by Crippen LogP contribution is -2.13. The molecule has 0 aromatic heterocycles. The SMILES string of the molecule is CCOc1ccc(NC(=O)CCc2ccc(C(=O)O)cc2)c(C)c1. The van der Waals surface area contributed by atoms with E-state index in [1.165, 1.54) is 0 Å². The van der Waals surface area contributed by atoms with Gasteiger partial charge in [-0.15, -0.1) is 0 Å². The van der Waals surface area contributed by atoms with Crippen LogP contribution in [0.4, 0.5) is 5.69 Å². The van der Waals surface area contributed by atoms with Crippen LogP contribution in [-0.4, -0.2) is 23.6 Å². The number of anilines is 1. The second-order valence-corrected chi connectivity index (χ2v) is 5.46. The van der Waals surface area contributed by atoms with Crippen molar-refractivity contribution < 1.29 is 19.4 Å². The Balaban J connectivity index is 1.90. The minimum atomic E-state index is -0.953. The van der Waals surface area contributed by atoms with Crippen molar-refractivity contribution in [3.63, 3.8) is 0 Å². The van der Waals surface area contributed by atoms with Crippen molar-refractivity contribution in [1.82, 2.24) is 0 Å². The van der Waals surface area contributed by atoms with Gasteiger partial charge in [0.25, 0.3) is 0 Å². The Bertz CT molecular complexity index is 723. The van der Waals surface area contributed by atoms with E-state index >= 15 is 0 Å². The lowest BCUT2D eigenvalue weighted by Gasteiger charge is -2.10. The number of rotatable bonds is 7. The van der Waals surface area contributed by atoms with Gasteiger partial charge in [0.05, 0.1) is 12.2 Å². The van der Waals surface area contributed by atoms with E-state index in [-0.39, 0.29) is 11.5 Å². The van der Waals surface area contributed by atoms with Crippen molar-refractivity contribution in [1.29, 1.82) is 0 Å². The number of benzene rings is 2. The topological polar surface area (TPSA) is 75.6 Å². The molecule has 0 unspecified atom stereocenters. The largest absolute Gasteiger partial charge is 0.494 e. The number of carbonyl (C=O) groups is 2. The lowest BCUT2D eigenvalue weighted by atomic mass is 10.1. The van der Waals surface area contributed by atoms with E-state index in [4.69, 9.17) is 9.84 Å². The Hall–Kier alpha value is -2.82. The smallest absolute Gasteiger partial charge is 0.335 e. The number of aromatic carboxylic acids is 1. The summed E-state index contributed by atoms with van der Waals surface area (Å²) in [5.41, 5.74) is 2.89. The summed E-state index contributed by atoms with van der Waals surface area (Å²) < 4.78 is 5.42. The monoisotopic (exact) mass is 327 g/mol. The summed E-state index contributed by atoms with van der Waals surface area (Å²) in [7, 11) is 0. The Morgan fingerprint density at radius 3 is 2.42 bits per heavy atom. The zero-order chi connectivity index (χ0) is 17.5. The highest BCUT2D eigenvalue weighted by atomic mass is 16.5. The molecule has 0 aliphatic carbocycles. The molecule has 126 valence electrons. The predicted octanol–water partition coefficient (Wildman–Crippen LogP) is 3.66. The molecular weight excluding hydrogens is 306 g/mol. The third-order valence-corrected chi connectivity index (χ3v) is 3.62. The number of carboxylic acid groups (broad SMARTS) is 1. The fourth-order valence-corrected chi connectivity index (χ4v) is 2.32. The molecule has 0 heterocycles. The van der Waals surface area contributed by atoms with Crippen LogP contribution in [0.2, 0.25) is 0 Å². The summed E-state index contributed by atoms with van der Waals surface area (Å²) >= 11 is 0. The standard InChI is InChI=1S/C19H21NO4/c1-3-24-16-9-10-17(13(2)12-16)20-18(21)11-6-14-4-7-15(8-5-14)19(22)23/h4-5,7-10,12H,3,6,11H2,1-2H3,(H,20,21)(H,22,23). The molecule has 0 aliphatic heterocycles. The van der Waals surface area contributed by atoms with E-state index in [0.717, 1.165) is 22.6 Å². The van der Waals surface area contributed by atoms with Crippen LogP contribution in [0.5, 0.6) is 5.75 Å². The van der Waals surface area contributed by atoms with Gasteiger partial charge >= 0.3 is 5.97 Å². The van der Waals surface area contributed by atoms with Gasteiger partial charge < -0.3 is 15.2 Å². The van der Waals surface area contributed by atoms with Crippen LogP contribution in [0.3, 0.4) is 0 Å². The quantitative estimate of drug-likeness (QED) is 0.813. The number of hydrogen-bond donors (Lipinski definition) is 2. The second-order valence-electron chi connectivity index (χ2n) is 5.46. The Labute approximate surface area is 141 Å². The molecule has 2 N–H and O–H groups in total. The van der Waals surface area contributed by atoms with Crippen molar-refractivity contribution in [2.45, 2.75) is 26.7 Å². The van der Waals surface area contributed by atoms with Gasteiger partial charge in [-0.25, -0.2) is 4.79 Å². The molecule has 2 rings (SSSR count). The molecule has 5 heteroatoms.